The highest BCUT2D eigenvalue weighted by Crippen LogP contribution is 2.33. The maximum Gasteiger partial charge on any atom is 0.0937 e. The van der Waals surface area contributed by atoms with Gasteiger partial charge in [0.15, 0.2) is 0 Å². The first-order valence-electron chi connectivity index (χ1n) is 6.93. The molecule has 2 heterocycles. The largest absolute Gasteiger partial charge is 0.387 e. The second-order valence-electron chi connectivity index (χ2n) is 5.35. The third kappa shape index (κ3) is 2.88. The molecule has 2 aromatic heterocycles. The van der Waals surface area contributed by atoms with Crippen LogP contribution < -0.4 is 0 Å². The van der Waals surface area contributed by atoms with E-state index in [2.05, 4.69) is 17.1 Å². The molecule has 1 atom stereocenters. The van der Waals surface area contributed by atoms with Crippen molar-refractivity contribution in [2.24, 2.45) is 0 Å². The van der Waals surface area contributed by atoms with Crippen LogP contribution in [0.4, 0.5) is 0 Å². The number of thiophene rings is 1. The third-order valence-electron chi connectivity index (χ3n) is 3.72. The predicted octanol–water partition coefficient (Wildman–Crippen LogP) is 3.61. The molecule has 2 nitrogen and oxygen atoms in total. The number of nitrogens with zero attached hydrogens (tertiary/aromatic N) is 1. The molecule has 3 rings (SSSR count). The Balaban J connectivity index is 1.74. The Labute approximate surface area is 118 Å². The Morgan fingerprint density at radius 2 is 2.16 bits per heavy atom. The molecule has 0 fully saturated rings. The maximum atomic E-state index is 10.4. The van der Waals surface area contributed by atoms with E-state index in [1.54, 1.807) is 11.3 Å². The lowest BCUT2D eigenvalue weighted by molar-refractivity contribution is 0.181. The van der Waals surface area contributed by atoms with Crippen LogP contribution in [0.25, 0.3) is 0 Å². The minimum absolute atomic E-state index is 0.411. The average Bonchev–Trinajstić information content (AvgIpc) is 2.85. The van der Waals surface area contributed by atoms with E-state index in [9.17, 15) is 5.11 Å². The minimum atomic E-state index is -0.411. The molecular formula is C16H19NOS. The SMILES string of the molecule is Cc1ccc(CC(O)c2cc3c(s2)CCCC3)nc1. The van der Waals surface area contributed by atoms with Gasteiger partial charge in [-0.1, -0.05) is 6.07 Å². The van der Waals surface area contributed by atoms with Crippen molar-refractivity contribution in [3.05, 3.63) is 51.0 Å². The van der Waals surface area contributed by atoms with Crippen molar-refractivity contribution in [2.45, 2.75) is 45.1 Å². The zero-order valence-electron chi connectivity index (χ0n) is 11.2. The first-order chi connectivity index (χ1) is 9.22. The highest BCUT2D eigenvalue weighted by Gasteiger charge is 2.18. The molecule has 0 spiro atoms. The lowest BCUT2D eigenvalue weighted by Crippen LogP contribution is -2.01. The van der Waals surface area contributed by atoms with Crippen LogP contribution in [0.5, 0.6) is 0 Å². The highest BCUT2D eigenvalue weighted by molar-refractivity contribution is 7.12. The van der Waals surface area contributed by atoms with Crippen LogP contribution in [-0.2, 0) is 19.3 Å². The summed E-state index contributed by atoms with van der Waals surface area (Å²) in [7, 11) is 0. The fraction of sp³-hybridized carbons (Fsp3) is 0.438. The number of aromatic nitrogens is 1. The molecule has 1 aliphatic rings. The summed E-state index contributed by atoms with van der Waals surface area (Å²) in [5.74, 6) is 0. The standard InChI is InChI=1S/C16H19NOS/c1-11-6-7-13(17-10-11)9-14(18)16-8-12-4-2-3-5-15(12)19-16/h6-8,10,14,18H,2-5,9H2,1H3. The molecule has 1 unspecified atom stereocenters. The van der Waals surface area contributed by atoms with Crippen molar-refractivity contribution < 1.29 is 5.11 Å². The van der Waals surface area contributed by atoms with E-state index in [1.807, 2.05) is 19.2 Å². The number of aliphatic hydroxyl groups excluding tert-OH is 1. The van der Waals surface area contributed by atoms with Gasteiger partial charge in [0.2, 0.25) is 0 Å². The molecular weight excluding hydrogens is 254 g/mol. The van der Waals surface area contributed by atoms with Crippen molar-refractivity contribution in [3.63, 3.8) is 0 Å². The van der Waals surface area contributed by atoms with Gasteiger partial charge in [-0.05, 0) is 55.9 Å². The van der Waals surface area contributed by atoms with E-state index in [0.29, 0.717) is 6.42 Å². The molecule has 1 N–H and O–H groups in total. The van der Waals surface area contributed by atoms with E-state index in [1.165, 1.54) is 36.1 Å². The summed E-state index contributed by atoms with van der Waals surface area (Å²) in [6, 6.07) is 6.26. The van der Waals surface area contributed by atoms with Gasteiger partial charge in [-0.25, -0.2) is 0 Å². The van der Waals surface area contributed by atoms with E-state index in [-0.39, 0.29) is 0 Å². The van der Waals surface area contributed by atoms with Crippen LogP contribution in [0, 0.1) is 6.92 Å². The topological polar surface area (TPSA) is 33.1 Å². The molecule has 0 aliphatic heterocycles. The zero-order valence-corrected chi connectivity index (χ0v) is 12.0. The van der Waals surface area contributed by atoms with Crippen molar-refractivity contribution >= 4 is 11.3 Å². The van der Waals surface area contributed by atoms with Crippen LogP contribution in [0.15, 0.2) is 24.4 Å². The zero-order chi connectivity index (χ0) is 13.2. The maximum absolute atomic E-state index is 10.4. The lowest BCUT2D eigenvalue weighted by atomic mass is 9.98. The first kappa shape index (κ1) is 12.8. The van der Waals surface area contributed by atoms with Crippen molar-refractivity contribution in [1.82, 2.24) is 4.98 Å². The Morgan fingerprint density at radius 1 is 1.32 bits per heavy atom. The van der Waals surface area contributed by atoms with Crippen LogP contribution in [0.2, 0.25) is 0 Å². The summed E-state index contributed by atoms with van der Waals surface area (Å²) < 4.78 is 0. The predicted molar refractivity (Wildman–Crippen MR) is 78.6 cm³/mol. The normalized spacial score (nSPS) is 16.1. The second-order valence-corrected chi connectivity index (χ2v) is 6.52. The summed E-state index contributed by atoms with van der Waals surface area (Å²) >= 11 is 1.79. The van der Waals surface area contributed by atoms with E-state index in [0.717, 1.165) is 16.1 Å². The molecule has 0 aromatic carbocycles. The van der Waals surface area contributed by atoms with Crippen LogP contribution in [0.1, 0.15) is 45.5 Å². The van der Waals surface area contributed by atoms with Crippen molar-refractivity contribution in [1.29, 1.82) is 0 Å². The Hall–Kier alpha value is -1.19. The summed E-state index contributed by atoms with van der Waals surface area (Å²) in [6.45, 7) is 2.03. The number of fused-ring (bicyclic) bond motifs is 1. The summed E-state index contributed by atoms with van der Waals surface area (Å²) in [5.41, 5.74) is 3.58. The Bertz CT molecular complexity index is 535. The average molecular weight is 273 g/mol. The Kier molecular flexibility index (Phi) is 3.67. The number of aryl methyl sites for hydroxylation is 3. The molecule has 0 saturated heterocycles. The van der Waals surface area contributed by atoms with Gasteiger partial charge in [-0.3, -0.25) is 4.98 Å². The highest BCUT2D eigenvalue weighted by atomic mass is 32.1. The fourth-order valence-corrected chi connectivity index (χ4v) is 3.84. The molecule has 0 amide bonds. The number of hydrogen-bond acceptors (Lipinski definition) is 3. The molecule has 0 radical (unpaired) electrons. The quantitative estimate of drug-likeness (QED) is 0.926. The second kappa shape index (κ2) is 5.43. The molecule has 3 heteroatoms. The molecule has 0 saturated carbocycles. The summed E-state index contributed by atoms with van der Waals surface area (Å²) in [6.07, 6.45) is 7.02. The molecule has 1 aliphatic carbocycles. The number of aliphatic hydroxyl groups is 1. The van der Waals surface area contributed by atoms with Gasteiger partial charge in [-0.2, -0.15) is 0 Å². The van der Waals surface area contributed by atoms with Gasteiger partial charge in [0.25, 0.3) is 0 Å². The number of hydrogen-bond donors (Lipinski definition) is 1. The lowest BCUT2D eigenvalue weighted by Gasteiger charge is -2.08. The monoisotopic (exact) mass is 273 g/mol. The third-order valence-corrected chi connectivity index (χ3v) is 5.06. The number of rotatable bonds is 3. The molecule has 100 valence electrons. The van der Waals surface area contributed by atoms with Crippen LogP contribution >= 0.6 is 11.3 Å². The number of pyridine rings is 1. The van der Waals surface area contributed by atoms with Gasteiger partial charge in [0, 0.05) is 28.1 Å². The van der Waals surface area contributed by atoms with E-state index in [4.69, 9.17) is 0 Å². The van der Waals surface area contributed by atoms with E-state index >= 15 is 0 Å². The molecule has 0 bridgehead atoms. The minimum Gasteiger partial charge on any atom is -0.387 e. The van der Waals surface area contributed by atoms with Crippen molar-refractivity contribution in [3.8, 4) is 0 Å². The summed E-state index contributed by atoms with van der Waals surface area (Å²) in [4.78, 5) is 6.96. The van der Waals surface area contributed by atoms with Gasteiger partial charge >= 0.3 is 0 Å². The smallest absolute Gasteiger partial charge is 0.0937 e. The van der Waals surface area contributed by atoms with Gasteiger partial charge in [0.05, 0.1) is 6.10 Å². The summed E-state index contributed by atoms with van der Waals surface area (Å²) in [5, 5.41) is 10.4. The van der Waals surface area contributed by atoms with Gasteiger partial charge in [-0.15, -0.1) is 11.3 Å². The molecule has 2 aromatic rings. The molecule has 19 heavy (non-hydrogen) atoms. The van der Waals surface area contributed by atoms with Crippen LogP contribution in [0.3, 0.4) is 0 Å². The van der Waals surface area contributed by atoms with Gasteiger partial charge < -0.3 is 5.11 Å². The fourth-order valence-electron chi connectivity index (χ4n) is 2.60. The van der Waals surface area contributed by atoms with Crippen molar-refractivity contribution in [2.75, 3.05) is 0 Å². The van der Waals surface area contributed by atoms with Crippen LogP contribution in [-0.4, -0.2) is 10.1 Å². The Morgan fingerprint density at radius 3 is 2.89 bits per heavy atom. The van der Waals surface area contributed by atoms with E-state index < -0.39 is 6.10 Å². The van der Waals surface area contributed by atoms with Gasteiger partial charge in [0.1, 0.15) is 0 Å². The first-order valence-corrected chi connectivity index (χ1v) is 7.75.